The van der Waals surface area contributed by atoms with Crippen molar-refractivity contribution in [2.75, 3.05) is 13.7 Å². The summed E-state index contributed by atoms with van der Waals surface area (Å²) in [4.78, 5) is 65.6. The average molecular weight is 650 g/mol. The van der Waals surface area contributed by atoms with Gasteiger partial charge in [-0.15, -0.1) is 0 Å². The highest BCUT2D eigenvalue weighted by atomic mass is 16.6. The molecule has 250 valence electrons. The molecule has 0 unspecified atom stereocenters. The van der Waals surface area contributed by atoms with Crippen LogP contribution in [0.5, 0.6) is 0 Å². The molecule has 1 aromatic heterocycles. The first kappa shape index (κ1) is 31.7. The van der Waals surface area contributed by atoms with Crippen molar-refractivity contribution in [3.63, 3.8) is 0 Å². The highest BCUT2D eigenvalue weighted by molar-refractivity contribution is 6.23. The zero-order chi connectivity index (χ0) is 33.8. The Balaban J connectivity index is 1.08. The molecular weight excluding hydrogens is 610 g/mol. The molecule has 0 amide bonds. The lowest BCUT2D eigenvalue weighted by Gasteiger charge is -2.72. The molecule has 8 atom stereocenters. The Labute approximate surface area is 271 Å². The average Bonchev–Trinajstić information content (AvgIpc) is 3.41. The summed E-state index contributed by atoms with van der Waals surface area (Å²) in [6.07, 6.45) is 5.18. The number of Topliss-reactive ketones (excluding diaryl/α,β-unsaturated/α-hetero) is 2. The second kappa shape index (κ2) is 10.3. The first-order valence-corrected chi connectivity index (χ1v) is 16.0. The molecule has 2 saturated heterocycles. The van der Waals surface area contributed by atoms with Crippen molar-refractivity contribution in [2.45, 2.75) is 70.6 Å². The Morgan fingerprint density at radius 3 is 2.60 bits per heavy atom. The summed E-state index contributed by atoms with van der Waals surface area (Å²) >= 11 is 0. The third-order valence-electron chi connectivity index (χ3n) is 11.8. The van der Waals surface area contributed by atoms with Gasteiger partial charge in [0.15, 0.2) is 11.5 Å². The SMILES string of the molecule is C=C1C(=O)[C@]23[C@H](OC(=O)CCC(=O)OCc4cn(C)c5c4C(=O)C(OC)=CC5=O)[C@H]1CC[C@H]2[C@]12C=CCC(C)(C)[C@H]1[C@H](O)[C@]3(O)OC2. The molecule has 2 spiro atoms. The molecule has 4 bridgehead atoms. The lowest BCUT2D eigenvalue weighted by Crippen LogP contribution is -2.83. The summed E-state index contributed by atoms with van der Waals surface area (Å²) in [5.41, 5.74) is -2.09. The van der Waals surface area contributed by atoms with Crippen LogP contribution in [0.25, 0.3) is 0 Å². The van der Waals surface area contributed by atoms with Gasteiger partial charge >= 0.3 is 11.9 Å². The zero-order valence-corrected chi connectivity index (χ0v) is 26.9. The molecule has 1 aromatic rings. The molecule has 0 aromatic carbocycles. The van der Waals surface area contributed by atoms with Gasteiger partial charge in [-0.25, -0.2) is 0 Å². The molecule has 3 saturated carbocycles. The van der Waals surface area contributed by atoms with E-state index in [0.29, 0.717) is 24.8 Å². The molecule has 5 fully saturated rings. The van der Waals surface area contributed by atoms with E-state index in [1.54, 1.807) is 7.05 Å². The fraction of sp³-hybridized carbons (Fsp3) is 0.571. The van der Waals surface area contributed by atoms with Crippen molar-refractivity contribution in [3.8, 4) is 0 Å². The Bertz CT molecular complexity index is 1710. The number of fused-ring (bicyclic) bond motifs is 3. The van der Waals surface area contributed by atoms with Crippen molar-refractivity contribution in [1.82, 2.24) is 4.57 Å². The highest BCUT2D eigenvalue weighted by Gasteiger charge is 2.86. The molecule has 12 nitrogen and oxygen atoms in total. The van der Waals surface area contributed by atoms with E-state index in [4.69, 9.17) is 18.9 Å². The van der Waals surface area contributed by atoms with Crippen LogP contribution >= 0.6 is 0 Å². The lowest BCUT2D eigenvalue weighted by atomic mass is 9.37. The smallest absolute Gasteiger partial charge is 0.306 e. The fourth-order valence-corrected chi connectivity index (χ4v) is 10.1. The van der Waals surface area contributed by atoms with Gasteiger partial charge in [-0.3, -0.25) is 24.0 Å². The van der Waals surface area contributed by atoms with E-state index in [0.717, 1.165) is 6.08 Å². The standard InChI is InChI=1S/C35H39NO11/c1-17-19-7-8-22-33-12-6-11-32(2,3)28(33)30(42)35(43,46-16-33)34(22,29(17)41)31(19)47-24(39)10-9-23(38)45-15-18-14-36(4)26-20(37)13-21(44-5)27(40)25(18)26/h6,12-14,19,22,28,30-31,42-43H,1,7-11,15-16H2,2-5H3/t19-,22-,28+,30-,31+,33+,34-,35-/m0/s1. The van der Waals surface area contributed by atoms with E-state index in [1.807, 2.05) is 19.9 Å². The Morgan fingerprint density at radius 1 is 1.15 bits per heavy atom. The second-order valence-electron chi connectivity index (χ2n) is 14.5. The Kier molecular flexibility index (Phi) is 6.96. The van der Waals surface area contributed by atoms with Crippen LogP contribution in [0.2, 0.25) is 0 Å². The number of rotatable bonds is 7. The molecule has 2 aliphatic heterocycles. The van der Waals surface area contributed by atoms with Crippen LogP contribution in [0.15, 0.2) is 42.3 Å². The minimum Gasteiger partial charge on any atom is -0.492 e. The number of ketones is 3. The van der Waals surface area contributed by atoms with Crippen LogP contribution in [0.1, 0.15) is 72.4 Å². The Hall–Kier alpha value is -3.87. The number of hydrogen-bond donors (Lipinski definition) is 2. The van der Waals surface area contributed by atoms with Gasteiger partial charge in [-0.1, -0.05) is 32.6 Å². The number of ether oxygens (including phenoxy) is 4. The Morgan fingerprint density at radius 2 is 1.87 bits per heavy atom. The van der Waals surface area contributed by atoms with Gasteiger partial charge in [0.1, 0.15) is 29.9 Å². The van der Waals surface area contributed by atoms with Crippen molar-refractivity contribution < 1.29 is 53.1 Å². The first-order chi connectivity index (χ1) is 22.2. The number of allylic oxidation sites excluding steroid dienone is 3. The van der Waals surface area contributed by atoms with Crippen LogP contribution < -0.4 is 0 Å². The van der Waals surface area contributed by atoms with Crippen LogP contribution in [0.3, 0.4) is 0 Å². The maximum absolute atomic E-state index is 14.2. The van der Waals surface area contributed by atoms with Crippen LogP contribution in [-0.2, 0) is 47.0 Å². The largest absolute Gasteiger partial charge is 0.492 e. The second-order valence-corrected chi connectivity index (χ2v) is 14.5. The van der Waals surface area contributed by atoms with Crippen LogP contribution in [-0.4, -0.2) is 75.8 Å². The lowest BCUT2D eigenvalue weighted by molar-refractivity contribution is -0.436. The number of aryl methyl sites for hydroxylation is 1. The number of hydrogen-bond acceptors (Lipinski definition) is 11. The molecular formula is C35H39NO11. The summed E-state index contributed by atoms with van der Waals surface area (Å²) in [6.45, 7) is 7.93. The summed E-state index contributed by atoms with van der Waals surface area (Å²) in [5, 5.41) is 24.1. The minimum atomic E-state index is -2.29. The molecule has 8 rings (SSSR count). The van der Waals surface area contributed by atoms with Crippen molar-refractivity contribution >= 4 is 29.3 Å². The van der Waals surface area contributed by atoms with Gasteiger partial charge in [0.2, 0.25) is 17.4 Å². The molecule has 3 heterocycles. The fourth-order valence-electron chi connectivity index (χ4n) is 10.1. The number of aromatic nitrogens is 1. The van der Waals surface area contributed by atoms with Gasteiger partial charge < -0.3 is 33.7 Å². The molecule has 0 radical (unpaired) electrons. The third-order valence-corrected chi connectivity index (χ3v) is 11.8. The van der Waals surface area contributed by atoms with Gasteiger partial charge in [-0.05, 0) is 36.2 Å². The van der Waals surface area contributed by atoms with Crippen LogP contribution in [0, 0.1) is 34.0 Å². The predicted molar refractivity (Wildman–Crippen MR) is 161 cm³/mol. The summed E-state index contributed by atoms with van der Waals surface area (Å²) < 4.78 is 24.0. The van der Waals surface area contributed by atoms with Crippen molar-refractivity contribution in [1.29, 1.82) is 0 Å². The van der Waals surface area contributed by atoms with E-state index in [9.17, 15) is 34.2 Å². The van der Waals surface area contributed by atoms with E-state index < -0.39 is 69.9 Å². The number of esters is 2. The monoisotopic (exact) mass is 649 g/mol. The first-order valence-electron chi connectivity index (χ1n) is 16.0. The number of aliphatic hydroxyl groups excluding tert-OH is 1. The maximum atomic E-state index is 14.2. The van der Waals surface area contributed by atoms with Crippen molar-refractivity contribution in [3.05, 3.63) is 59.2 Å². The number of methoxy groups -OCH3 is 1. The summed E-state index contributed by atoms with van der Waals surface area (Å²) in [5.74, 6) is -6.73. The number of aliphatic hydroxyl groups is 2. The molecule has 5 aliphatic carbocycles. The summed E-state index contributed by atoms with van der Waals surface area (Å²) in [6, 6.07) is 0. The van der Waals surface area contributed by atoms with Crippen molar-refractivity contribution in [2.24, 2.45) is 41.0 Å². The highest BCUT2D eigenvalue weighted by Crippen LogP contribution is 2.75. The minimum absolute atomic E-state index is 0.0950. The topological polar surface area (TPSA) is 168 Å². The van der Waals surface area contributed by atoms with Crippen LogP contribution in [0.4, 0.5) is 0 Å². The molecule has 2 N–H and O–H groups in total. The van der Waals surface area contributed by atoms with Gasteiger partial charge in [0, 0.05) is 42.1 Å². The van der Waals surface area contributed by atoms with Gasteiger partial charge in [0.25, 0.3) is 0 Å². The number of nitrogens with zero attached hydrogens (tertiary/aromatic N) is 1. The van der Waals surface area contributed by atoms with E-state index >= 15 is 0 Å². The molecule has 47 heavy (non-hydrogen) atoms. The number of carbonyl (C=O) groups is 5. The quantitative estimate of drug-likeness (QED) is 0.253. The van der Waals surface area contributed by atoms with E-state index in [-0.39, 0.29) is 60.0 Å². The third kappa shape index (κ3) is 3.95. The molecule has 12 heteroatoms. The van der Waals surface area contributed by atoms with E-state index in [1.165, 1.54) is 17.9 Å². The normalized spacial score (nSPS) is 37.6. The molecule has 7 aliphatic rings. The van der Waals surface area contributed by atoms with Gasteiger partial charge in [-0.2, -0.15) is 0 Å². The summed E-state index contributed by atoms with van der Waals surface area (Å²) in [7, 11) is 2.88. The number of carbonyl (C=O) groups excluding carboxylic acids is 5. The van der Waals surface area contributed by atoms with Gasteiger partial charge in [0.05, 0.1) is 32.1 Å². The predicted octanol–water partition coefficient (Wildman–Crippen LogP) is 2.50. The van der Waals surface area contributed by atoms with E-state index in [2.05, 4.69) is 12.7 Å². The zero-order valence-electron chi connectivity index (χ0n) is 26.9. The maximum Gasteiger partial charge on any atom is 0.306 e.